The zero-order valence-corrected chi connectivity index (χ0v) is 14.8. The van der Waals surface area contributed by atoms with Gasteiger partial charge in [-0.05, 0) is 33.7 Å². The Morgan fingerprint density at radius 2 is 1.32 bits per heavy atom. The molecular weight excluding hydrogens is 372 g/mol. The number of carbonyl (C=O) groups is 1. The predicted molar refractivity (Wildman–Crippen MR) is 98.8 cm³/mol. The maximum atomic E-state index is 14.8. The Kier molecular flexibility index (Phi) is 5.05. The number of halogens is 4. The number of hydrogen-bond acceptors (Lipinski definition) is 2. The van der Waals surface area contributed by atoms with Gasteiger partial charge < -0.3 is 4.74 Å². The standard InChI is InChI=1S/C22H14F4O2/c1-11-9-14(10-15(12(11)2)22(27)28-3)17-20(25)18(23)16(19(24)21(17)26)13-7-5-4-6-8-13/h4-10H,1-2H2,3H3. The van der Waals surface area contributed by atoms with Crippen molar-refractivity contribution in [1.29, 1.82) is 0 Å². The van der Waals surface area contributed by atoms with Gasteiger partial charge in [-0.25, -0.2) is 22.4 Å². The minimum atomic E-state index is -1.58. The van der Waals surface area contributed by atoms with Crippen LogP contribution in [0.4, 0.5) is 17.6 Å². The molecule has 0 bridgehead atoms. The molecule has 0 aliphatic carbocycles. The van der Waals surface area contributed by atoms with Crippen molar-refractivity contribution in [2.75, 3.05) is 7.11 Å². The Labute approximate surface area is 158 Å². The van der Waals surface area contributed by atoms with Gasteiger partial charge in [-0.1, -0.05) is 43.5 Å². The van der Waals surface area contributed by atoms with Crippen LogP contribution in [0.3, 0.4) is 0 Å². The summed E-state index contributed by atoms with van der Waals surface area (Å²) >= 11 is 0. The van der Waals surface area contributed by atoms with Crippen LogP contribution in [-0.4, -0.2) is 13.1 Å². The molecule has 3 aromatic rings. The molecule has 0 saturated carbocycles. The first-order chi connectivity index (χ1) is 13.3. The van der Waals surface area contributed by atoms with E-state index in [0.29, 0.717) is 0 Å². The van der Waals surface area contributed by atoms with Crippen LogP contribution in [0.2, 0.25) is 0 Å². The lowest BCUT2D eigenvalue weighted by Gasteiger charge is -2.13. The Bertz CT molecular complexity index is 1160. The van der Waals surface area contributed by atoms with Crippen molar-refractivity contribution in [3.05, 3.63) is 81.7 Å². The van der Waals surface area contributed by atoms with E-state index in [1.807, 2.05) is 0 Å². The fourth-order valence-corrected chi connectivity index (χ4v) is 2.91. The Morgan fingerprint density at radius 1 is 0.821 bits per heavy atom. The SMILES string of the molecule is C=c1cc(-c2c(F)c(F)c(-c3ccccc3)c(F)c2F)cc(C(=O)OC)c1=C. The van der Waals surface area contributed by atoms with E-state index >= 15 is 0 Å². The number of rotatable bonds is 3. The third-order valence-corrected chi connectivity index (χ3v) is 4.36. The lowest BCUT2D eigenvalue weighted by molar-refractivity contribution is 0.0599. The van der Waals surface area contributed by atoms with Crippen molar-refractivity contribution in [3.63, 3.8) is 0 Å². The van der Waals surface area contributed by atoms with Crippen molar-refractivity contribution in [2.45, 2.75) is 0 Å². The van der Waals surface area contributed by atoms with Gasteiger partial charge in [-0.2, -0.15) is 0 Å². The number of hydrogen-bond donors (Lipinski definition) is 0. The van der Waals surface area contributed by atoms with Crippen LogP contribution in [0.25, 0.3) is 35.4 Å². The van der Waals surface area contributed by atoms with Gasteiger partial charge in [-0.15, -0.1) is 0 Å². The van der Waals surface area contributed by atoms with Crippen LogP contribution in [0.15, 0.2) is 42.5 Å². The number of ether oxygens (including phenoxy) is 1. The largest absolute Gasteiger partial charge is 0.465 e. The summed E-state index contributed by atoms with van der Waals surface area (Å²) in [5, 5.41) is 0.336. The summed E-state index contributed by atoms with van der Waals surface area (Å²) in [5.41, 5.74) is -2.13. The smallest absolute Gasteiger partial charge is 0.338 e. The second-order valence-corrected chi connectivity index (χ2v) is 6.03. The first-order valence-corrected chi connectivity index (χ1v) is 8.09. The fourth-order valence-electron chi connectivity index (χ4n) is 2.91. The molecule has 0 radical (unpaired) electrons. The summed E-state index contributed by atoms with van der Waals surface area (Å²) < 4.78 is 63.5. The van der Waals surface area contributed by atoms with E-state index in [2.05, 4.69) is 17.9 Å². The molecule has 142 valence electrons. The summed E-state index contributed by atoms with van der Waals surface area (Å²) in [6.45, 7) is 7.31. The molecule has 28 heavy (non-hydrogen) atoms. The maximum absolute atomic E-state index is 14.8. The third kappa shape index (κ3) is 3.07. The molecule has 0 aliphatic heterocycles. The lowest BCUT2D eigenvalue weighted by Crippen LogP contribution is -2.29. The van der Waals surface area contributed by atoms with Gasteiger partial charge in [0, 0.05) is 0 Å². The van der Waals surface area contributed by atoms with Crippen LogP contribution in [-0.2, 0) is 4.74 Å². The highest BCUT2D eigenvalue weighted by Crippen LogP contribution is 2.36. The second kappa shape index (κ2) is 7.31. The topological polar surface area (TPSA) is 26.3 Å². The predicted octanol–water partition coefficient (Wildman–Crippen LogP) is 4.18. The molecular formula is C22H14F4O2. The zero-order valence-electron chi connectivity index (χ0n) is 14.8. The summed E-state index contributed by atoms with van der Waals surface area (Å²) in [6, 6.07) is 9.50. The third-order valence-electron chi connectivity index (χ3n) is 4.36. The molecule has 0 amide bonds. The molecule has 6 heteroatoms. The van der Waals surface area contributed by atoms with E-state index in [1.54, 1.807) is 6.07 Å². The maximum Gasteiger partial charge on any atom is 0.338 e. The van der Waals surface area contributed by atoms with E-state index in [1.165, 1.54) is 30.3 Å². The van der Waals surface area contributed by atoms with Crippen molar-refractivity contribution in [1.82, 2.24) is 0 Å². The number of carbonyl (C=O) groups excluding carboxylic acids is 1. The van der Waals surface area contributed by atoms with Crippen molar-refractivity contribution in [3.8, 4) is 22.3 Å². The molecule has 0 atom stereocenters. The highest BCUT2D eigenvalue weighted by molar-refractivity contribution is 5.91. The summed E-state index contributed by atoms with van der Waals surface area (Å²) in [4.78, 5) is 11.9. The molecule has 0 aromatic heterocycles. The molecule has 0 heterocycles. The van der Waals surface area contributed by atoms with Crippen LogP contribution >= 0.6 is 0 Å². The average Bonchev–Trinajstić information content (AvgIpc) is 2.69. The molecule has 3 rings (SSSR count). The van der Waals surface area contributed by atoms with Crippen molar-refractivity contribution >= 4 is 19.1 Å². The minimum Gasteiger partial charge on any atom is -0.465 e. The number of esters is 1. The van der Waals surface area contributed by atoms with Crippen LogP contribution in [0.5, 0.6) is 0 Å². The molecule has 0 N–H and O–H groups in total. The van der Waals surface area contributed by atoms with Gasteiger partial charge in [0.15, 0.2) is 23.3 Å². The summed E-state index contributed by atoms with van der Waals surface area (Å²) in [6.07, 6.45) is 0. The normalized spacial score (nSPS) is 10.8. The number of benzene rings is 3. The highest BCUT2D eigenvalue weighted by Gasteiger charge is 2.27. The second-order valence-electron chi connectivity index (χ2n) is 6.03. The Morgan fingerprint density at radius 3 is 1.82 bits per heavy atom. The van der Waals surface area contributed by atoms with Gasteiger partial charge >= 0.3 is 5.97 Å². The van der Waals surface area contributed by atoms with Gasteiger partial charge in [0.05, 0.1) is 23.8 Å². The summed E-state index contributed by atoms with van der Waals surface area (Å²) in [7, 11) is 1.12. The highest BCUT2D eigenvalue weighted by atomic mass is 19.2. The van der Waals surface area contributed by atoms with E-state index in [0.717, 1.165) is 13.2 Å². The molecule has 0 fully saturated rings. The molecule has 2 nitrogen and oxygen atoms in total. The molecule has 0 aliphatic rings. The van der Waals surface area contributed by atoms with E-state index in [9.17, 15) is 22.4 Å². The molecule has 0 unspecified atom stereocenters. The van der Waals surface area contributed by atoms with E-state index < -0.39 is 40.4 Å². The van der Waals surface area contributed by atoms with E-state index in [4.69, 9.17) is 0 Å². The van der Waals surface area contributed by atoms with E-state index in [-0.39, 0.29) is 27.1 Å². The molecule has 0 spiro atoms. The quantitative estimate of drug-likeness (QED) is 0.383. The Hall–Kier alpha value is -3.41. The van der Waals surface area contributed by atoms with Gasteiger partial charge in [0.25, 0.3) is 0 Å². The average molecular weight is 386 g/mol. The van der Waals surface area contributed by atoms with Gasteiger partial charge in [0.2, 0.25) is 0 Å². The van der Waals surface area contributed by atoms with Gasteiger partial charge in [0.1, 0.15) is 0 Å². The van der Waals surface area contributed by atoms with Crippen LogP contribution in [0, 0.1) is 23.3 Å². The molecule has 3 aromatic carbocycles. The fraction of sp³-hybridized carbons (Fsp3) is 0.0455. The van der Waals surface area contributed by atoms with Crippen LogP contribution < -0.4 is 10.4 Å². The molecule has 0 saturated heterocycles. The first kappa shape index (κ1) is 19.4. The zero-order chi connectivity index (χ0) is 20.6. The Balaban J connectivity index is 2.34. The summed E-state index contributed by atoms with van der Waals surface area (Å²) in [5.74, 6) is -7.05. The van der Waals surface area contributed by atoms with Crippen molar-refractivity contribution < 1.29 is 27.1 Å². The van der Waals surface area contributed by atoms with Gasteiger partial charge in [-0.3, -0.25) is 0 Å². The van der Waals surface area contributed by atoms with Crippen molar-refractivity contribution in [2.24, 2.45) is 0 Å². The monoisotopic (exact) mass is 386 g/mol. The first-order valence-electron chi connectivity index (χ1n) is 8.09. The number of methoxy groups -OCH3 is 1. The lowest BCUT2D eigenvalue weighted by atomic mass is 9.95. The van der Waals surface area contributed by atoms with Crippen LogP contribution in [0.1, 0.15) is 10.4 Å². The minimum absolute atomic E-state index is 0.0111.